The second kappa shape index (κ2) is 5.66. The number of hydrogen-bond donors (Lipinski definition) is 0. The Morgan fingerprint density at radius 2 is 2.23 bits per heavy atom. The molecule has 1 heterocycles. The molecule has 1 rings (SSSR count). The van der Waals surface area contributed by atoms with E-state index >= 15 is 0 Å². The molecular weight excluding hydrogens is 194 g/mol. The van der Waals surface area contributed by atoms with Gasteiger partial charge in [0.2, 0.25) is 0 Å². The predicted molar refractivity (Wildman–Crippen MR) is 46.5 cm³/mol. The third-order valence-corrected chi connectivity index (χ3v) is 2.37. The van der Waals surface area contributed by atoms with Crippen LogP contribution < -0.4 is 0 Å². The zero-order chi connectivity index (χ0) is 9.68. The van der Waals surface area contributed by atoms with Crippen LogP contribution in [0.2, 0.25) is 0 Å². The number of rotatable bonds is 4. The van der Waals surface area contributed by atoms with Gasteiger partial charge in [-0.1, -0.05) is 6.92 Å². The van der Waals surface area contributed by atoms with Gasteiger partial charge in [-0.3, -0.25) is 9.08 Å². The summed E-state index contributed by atoms with van der Waals surface area (Å²) in [5.41, 5.74) is 0. The van der Waals surface area contributed by atoms with E-state index in [-0.39, 0.29) is 6.23 Å². The SMILES string of the molecule is CCC(OS(=O)[O-])N1CCOCC1. The number of morpholine rings is 1. The average molecular weight is 208 g/mol. The van der Waals surface area contributed by atoms with Crippen LogP contribution in [0.1, 0.15) is 13.3 Å². The highest BCUT2D eigenvalue weighted by Gasteiger charge is 2.20. The van der Waals surface area contributed by atoms with E-state index in [9.17, 15) is 8.76 Å². The molecule has 0 saturated carbocycles. The lowest BCUT2D eigenvalue weighted by Crippen LogP contribution is -2.44. The van der Waals surface area contributed by atoms with E-state index in [1.54, 1.807) is 0 Å². The minimum atomic E-state index is -2.43. The lowest BCUT2D eigenvalue weighted by atomic mass is 10.3. The van der Waals surface area contributed by atoms with Gasteiger partial charge in [0.05, 0.1) is 24.6 Å². The van der Waals surface area contributed by atoms with E-state index in [1.807, 2.05) is 11.8 Å². The van der Waals surface area contributed by atoms with Crippen molar-refractivity contribution in [3.63, 3.8) is 0 Å². The largest absolute Gasteiger partial charge is 0.750 e. The summed E-state index contributed by atoms with van der Waals surface area (Å²) in [4.78, 5) is 1.97. The van der Waals surface area contributed by atoms with Crippen LogP contribution in [-0.4, -0.2) is 46.2 Å². The Balaban J connectivity index is 2.39. The number of nitrogens with zero attached hydrogens (tertiary/aromatic N) is 1. The van der Waals surface area contributed by atoms with Crippen molar-refractivity contribution in [2.24, 2.45) is 0 Å². The normalized spacial score (nSPS) is 24.2. The molecule has 0 aromatic carbocycles. The topological polar surface area (TPSA) is 61.8 Å². The van der Waals surface area contributed by atoms with Gasteiger partial charge < -0.3 is 9.29 Å². The summed E-state index contributed by atoms with van der Waals surface area (Å²) in [6.45, 7) is 4.65. The van der Waals surface area contributed by atoms with Crippen LogP contribution in [0.25, 0.3) is 0 Å². The maximum Gasteiger partial charge on any atom is 0.126 e. The fraction of sp³-hybridized carbons (Fsp3) is 1.00. The Morgan fingerprint density at radius 3 is 2.69 bits per heavy atom. The molecule has 0 radical (unpaired) electrons. The average Bonchev–Trinajstić information content (AvgIpc) is 2.15. The zero-order valence-corrected chi connectivity index (χ0v) is 8.42. The molecule has 0 aliphatic carbocycles. The van der Waals surface area contributed by atoms with Crippen LogP contribution in [0, 0.1) is 0 Å². The fourth-order valence-electron chi connectivity index (χ4n) is 1.34. The molecule has 0 amide bonds. The Hall–Kier alpha value is -0.0100. The standard InChI is InChI=1S/C7H15NO4S/c1-2-7(12-13(9)10)8-3-5-11-6-4-8/h7H,2-6H2,1H3,(H,9,10)/p-1. The first kappa shape index (κ1) is 11.1. The highest BCUT2D eigenvalue weighted by atomic mass is 32.2. The number of ether oxygens (including phenoxy) is 1. The van der Waals surface area contributed by atoms with Crippen molar-refractivity contribution in [3.8, 4) is 0 Å². The van der Waals surface area contributed by atoms with Gasteiger partial charge in [-0.15, -0.1) is 0 Å². The summed E-state index contributed by atoms with van der Waals surface area (Å²) in [5, 5.41) is 0. The van der Waals surface area contributed by atoms with Crippen molar-refractivity contribution in [3.05, 3.63) is 0 Å². The molecule has 5 nitrogen and oxygen atoms in total. The molecule has 0 aromatic heterocycles. The molecule has 0 aromatic rings. The van der Waals surface area contributed by atoms with Gasteiger partial charge in [0, 0.05) is 13.1 Å². The van der Waals surface area contributed by atoms with E-state index in [4.69, 9.17) is 8.92 Å². The number of hydrogen-bond acceptors (Lipinski definition) is 5. The third-order valence-electron chi connectivity index (χ3n) is 1.99. The van der Waals surface area contributed by atoms with Crippen molar-refractivity contribution in [2.75, 3.05) is 26.3 Å². The minimum Gasteiger partial charge on any atom is -0.750 e. The molecule has 6 heteroatoms. The van der Waals surface area contributed by atoms with Gasteiger partial charge >= 0.3 is 0 Å². The van der Waals surface area contributed by atoms with Crippen LogP contribution in [0.4, 0.5) is 0 Å². The first-order valence-electron chi connectivity index (χ1n) is 4.32. The van der Waals surface area contributed by atoms with E-state index < -0.39 is 11.4 Å². The highest BCUT2D eigenvalue weighted by Crippen LogP contribution is 2.09. The van der Waals surface area contributed by atoms with Crippen molar-refractivity contribution in [1.29, 1.82) is 0 Å². The molecule has 0 N–H and O–H groups in total. The molecule has 0 bridgehead atoms. The van der Waals surface area contributed by atoms with Crippen LogP contribution in [0.15, 0.2) is 0 Å². The van der Waals surface area contributed by atoms with Gasteiger partial charge in [0.1, 0.15) is 6.23 Å². The van der Waals surface area contributed by atoms with Crippen molar-refractivity contribution in [2.45, 2.75) is 19.6 Å². The lowest BCUT2D eigenvalue weighted by molar-refractivity contribution is -0.0450. The van der Waals surface area contributed by atoms with Crippen LogP contribution >= 0.6 is 0 Å². The summed E-state index contributed by atoms with van der Waals surface area (Å²) in [5.74, 6) is 0. The quantitative estimate of drug-likeness (QED) is 0.602. The van der Waals surface area contributed by atoms with Crippen molar-refractivity contribution >= 4 is 11.4 Å². The predicted octanol–water partition coefficient (Wildman–Crippen LogP) is -0.135. The molecule has 1 aliphatic heterocycles. The highest BCUT2D eigenvalue weighted by molar-refractivity contribution is 7.74. The molecule has 1 fully saturated rings. The van der Waals surface area contributed by atoms with Gasteiger partial charge in [-0.25, -0.2) is 4.21 Å². The molecule has 1 saturated heterocycles. The van der Waals surface area contributed by atoms with Crippen LogP contribution in [0.3, 0.4) is 0 Å². The van der Waals surface area contributed by atoms with E-state index in [1.165, 1.54) is 0 Å². The first-order valence-corrected chi connectivity index (χ1v) is 5.32. The van der Waals surface area contributed by atoms with Gasteiger partial charge in [0.25, 0.3) is 0 Å². The van der Waals surface area contributed by atoms with Crippen LogP contribution in [-0.2, 0) is 20.3 Å². The molecule has 2 unspecified atom stereocenters. The fourth-order valence-corrected chi connectivity index (χ4v) is 1.78. The minimum absolute atomic E-state index is 0.331. The molecule has 2 atom stereocenters. The lowest BCUT2D eigenvalue weighted by Gasteiger charge is -2.33. The Kier molecular flexibility index (Phi) is 4.82. The van der Waals surface area contributed by atoms with Gasteiger partial charge in [0.15, 0.2) is 0 Å². The first-order chi connectivity index (χ1) is 6.24. The summed E-state index contributed by atoms with van der Waals surface area (Å²) in [6, 6.07) is 0. The summed E-state index contributed by atoms with van der Waals surface area (Å²) < 4.78 is 30.5. The monoisotopic (exact) mass is 208 g/mol. The second-order valence-corrected chi connectivity index (χ2v) is 3.41. The van der Waals surface area contributed by atoms with E-state index in [0.29, 0.717) is 19.6 Å². The van der Waals surface area contributed by atoms with E-state index in [2.05, 4.69) is 0 Å². The van der Waals surface area contributed by atoms with Gasteiger partial charge in [-0.2, -0.15) is 0 Å². The molecule has 13 heavy (non-hydrogen) atoms. The Labute approximate surface area is 80.5 Å². The van der Waals surface area contributed by atoms with Crippen molar-refractivity contribution < 1.29 is 17.7 Å². The molecule has 0 spiro atoms. The Morgan fingerprint density at radius 1 is 1.62 bits per heavy atom. The van der Waals surface area contributed by atoms with Gasteiger partial charge in [-0.05, 0) is 6.42 Å². The maximum absolute atomic E-state index is 10.3. The van der Waals surface area contributed by atoms with E-state index in [0.717, 1.165) is 13.1 Å². The maximum atomic E-state index is 10.3. The van der Waals surface area contributed by atoms with Crippen molar-refractivity contribution in [1.82, 2.24) is 4.90 Å². The molecule has 78 valence electrons. The second-order valence-electron chi connectivity index (χ2n) is 2.81. The third kappa shape index (κ3) is 3.70. The Bertz CT molecular complexity index is 172. The molecular formula is C7H14NO4S-. The summed E-state index contributed by atoms with van der Waals surface area (Å²) in [7, 11) is 0. The molecule has 1 aliphatic rings. The summed E-state index contributed by atoms with van der Waals surface area (Å²) in [6.07, 6.45) is 0.329. The summed E-state index contributed by atoms with van der Waals surface area (Å²) >= 11 is -2.43. The van der Waals surface area contributed by atoms with Crippen LogP contribution in [0.5, 0.6) is 0 Å². The smallest absolute Gasteiger partial charge is 0.126 e. The zero-order valence-electron chi connectivity index (χ0n) is 7.60.